The van der Waals surface area contributed by atoms with Gasteiger partial charge in [0.05, 0.1) is 22.0 Å². The number of nitrogens with one attached hydrogen (secondary N) is 1. The zero-order chi connectivity index (χ0) is 10.9. The van der Waals surface area contributed by atoms with Gasteiger partial charge >= 0.3 is 0 Å². The lowest BCUT2D eigenvalue weighted by atomic mass is 10.3. The van der Waals surface area contributed by atoms with Crippen LogP contribution < -0.4 is 4.72 Å². The first-order valence-electron chi connectivity index (χ1n) is 3.42. The van der Waals surface area contributed by atoms with E-state index in [1.165, 1.54) is 0 Å². The Morgan fingerprint density at radius 1 is 1.29 bits per heavy atom. The van der Waals surface area contributed by atoms with E-state index in [2.05, 4.69) is 4.72 Å². The van der Waals surface area contributed by atoms with Gasteiger partial charge in [-0.15, -0.1) is 0 Å². The summed E-state index contributed by atoms with van der Waals surface area (Å²) in [4.78, 5) is 0. The Kier molecular flexibility index (Phi) is 3.24. The first-order chi connectivity index (χ1) is 6.29. The molecule has 1 aromatic rings. The van der Waals surface area contributed by atoms with Gasteiger partial charge in [0.2, 0.25) is 10.0 Å². The average molecular weight is 258 g/mol. The van der Waals surface area contributed by atoms with Gasteiger partial charge in [0.25, 0.3) is 0 Å². The van der Waals surface area contributed by atoms with Crippen molar-refractivity contribution in [1.29, 1.82) is 0 Å². The van der Waals surface area contributed by atoms with Crippen LogP contribution in [-0.4, -0.2) is 14.7 Å². The van der Waals surface area contributed by atoms with E-state index in [4.69, 9.17) is 23.2 Å². The van der Waals surface area contributed by atoms with Gasteiger partial charge in [0, 0.05) is 0 Å². The fourth-order valence-corrected chi connectivity index (χ4v) is 1.86. The topological polar surface area (TPSA) is 46.2 Å². The molecule has 0 radical (unpaired) electrons. The Bertz CT molecular complexity index is 438. The quantitative estimate of drug-likeness (QED) is 0.828. The molecule has 0 heterocycles. The third kappa shape index (κ3) is 3.01. The SMILES string of the molecule is CS(=O)(=O)Nc1cc(Cl)c(F)c(Cl)c1. The number of sulfonamides is 1. The maximum absolute atomic E-state index is 12.9. The van der Waals surface area contributed by atoms with Crippen LogP contribution >= 0.6 is 23.2 Å². The van der Waals surface area contributed by atoms with Crippen LogP contribution in [0.25, 0.3) is 0 Å². The number of benzene rings is 1. The van der Waals surface area contributed by atoms with Crippen LogP contribution in [0.1, 0.15) is 0 Å². The predicted octanol–water partition coefficient (Wildman–Crippen LogP) is 2.50. The van der Waals surface area contributed by atoms with Gasteiger partial charge in [-0.2, -0.15) is 0 Å². The Morgan fingerprint density at radius 2 is 1.71 bits per heavy atom. The van der Waals surface area contributed by atoms with Crippen molar-refractivity contribution in [3.63, 3.8) is 0 Å². The Morgan fingerprint density at radius 3 is 2.07 bits per heavy atom. The van der Waals surface area contributed by atoms with Crippen molar-refractivity contribution in [1.82, 2.24) is 0 Å². The normalized spacial score (nSPS) is 11.4. The van der Waals surface area contributed by atoms with Gasteiger partial charge in [-0.1, -0.05) is 23.2 Å². The zero-order valence-corrected chi connectivity index (χ0v) is 9.34. The highest BCUT2D eigenvalue weighted by atomic mass is 35.5. The molecule has 78 valence electrons. The lowest BCUT2D eigenvalue weighted by molar-refractivity contribution is 0.606. The third-order valence-electron chi connectivity index (χ3n) is 1.29. The van der Waals surface area contributed by atoms with Gasteiger partial charge < -0.3 is 0 Å². The summed E-state index contributed by atoms with van der Waals surface area (Å²) < 4.78 is 36.7. The molecule has 0 fully saturated rings. The van der Waals surface area contributed by atoms with Crippen molar-refractivity contribution in [2.24, 2.45) is 0 Å². The fourth-order valence-electron chi connectivity index (χ4n) is 0.829. The zero-order valence-electron chi connectivity index (χ0n) is 7.01. The van der Waals surface area contributed by atoms with E-state index in [0.29, 0.717) is 0 Å². The van der Waals surface area contributed by atoms with E-state index < -0.39 is 15.8 Å². The molecule has 1 rings (SSSR count). The van der Waals surface area contributed by atoms with Gasteiger partial charge in [-0.05, 0) is 12.1 Å². The van der Waals surface area contributed by atoms with Crippen LogP contribution in [0, 0.1) is 5.82 Å². The van der Waals surface area contributed by atoms with E-state index in [1.807, 2.05) is 0 Å². The van der Waals surface area contributed by atoms with Gasteiger partial charge in [-0.3, -0.25) is 4.72 Å². The summed E-state index contributed by atoms with van der Waals surface area (Å²) in [6.07, 6.45) is 0.970. The Balaban J connectivity index is 3.14. The summed E-state index contributed by atoms with van der Waals surface area (Å²) in [6.45, 7) is 0. The summed E-state index contributed by atoms with van der Waals surface area (Å²) in [5, 5.41) is -0.465. The summed E-state index contributed by atoms with van der Waals surface area (Å²) in [5.74, 6) is -0.771. The molecule has 0 aliphatic carbocycles. The lowest BCUT2D eigenvalue weighted by Crippen LogP contribution is -2.09. The van der Waals surface area contributed by atoms with Crippen molar-refractivity contribution in [3.05, 3.63) is 28.0 Å². The minimum absolute atomic E-state index is 0.129. The molecular formula is C7H6Cl2FNO2S. The largest absolute Gasteiger partial charge is 0.284 e. The Labute approximate surface area is 90.9 Å². The molecule has 0 aliphatic rings. The second kappa shape index (κ2) is 3.92. The molecule has 3 nitrogen and oxygen atoms in total. The second-order valence-corrected chi connectivity index (χ2v) is 5.19. The van der Waals surface area contributed by atoms with Gasteiger partial charge in [0.1, 0.15) is 0 Å². The number of halogens is 3. The van der Waals surface area contributed by atoms with Crippen molar-refractivity contribution in [2.75, 3.05) is 11.0 Å². The maximum atomic E-state index is 12.9. The molecule has 1 aromatic carbocycles. The fraction of sp³-hybridized carbons (Fsp3) is 0.143. The molecule has 0 aliphatic heterocycles. The number of rotatable bonds is 2. The van der Waals surface area contributed by atoms with Crippen LogP contribution in [0.3, 0.4) is 0 Å². The molecule has 0 spiro atoms. The van der Waals surface area contributed by atoms with Crippen molar-refractivity contribution >= 4 is 38.9 Å². The standard InChI is InChI=1S/C7H6Cl2FNO2S/c1-14(12,13)11-4-2-5(8)7(10)6(9)3-4/h2-3,11H,1H3. The first kappa shape index (κ1) is 11.6. The minimum Gasteiger partial charge on any atom is -0.284 e. The molecule has 7 heteroatoms. The Hall–Kier alpha value is -0.520. The molecule has 0 unspecified atom stereocenters. The molecule has 14 heavy (non-hydrogen) atoms. The van der Waals surface area contributed by atoms with Gasteiger partial charge in [0.15, 0.2) is 5.82 Å². The van der Waals surface area contributed by atoms with Crippen molar-refractivity contribution < 1.29 is 12.8 Å². The molecule has 0 saturated heterocycles. The molecule has 0 saturated carbocycles. The van der Waals surface area contributed by atoms with E-state index >= 15 is 0 Å². The van der Waals surface area contributed by atoms with Crippen LogP contribution in [0.5, 0.6) is 0 Å². The highest BCUT2D eigenvalue weighted by Crippen LogP contribution is 2.27. The molecule has 0 atom stereocenters. The molecule has 0 amide bonds. The van der Waals surface area contributed by atoms with E-state index in [9.17, 15) is 12.8 Å². The third-order valence-corrected chi connectivity index (χ3v) is 2.44. The van der Waals surface area contributed by atoms with Crippen LogP contribution in [0.4, 0.5) is 10.1 Å². The van der Waals surface area contributed by atoms with Crippen molar-refractivity contribution in [3.8, 4) is 0 Å². The van der Waals surface area contributed by atoms with Crippen LogP contribution in [0.15, 0.2) is 12.1 Å². The highest BCUT2D eigenvalue weighted by Gasteiger charge is 2.09. The van der Waals surface area contributed by atoms with E-state index in [-0.39, 0.29) is 15.7 Å². The molecule has 1 N–H and O–H groups in total. The summed E-state index contributed by atoms with van der Waals surface area (Å²) in [7, 11) is -3.41. The van der Waals surface area contributed by atoms with Crippen LogP contribution in [-0.2, 0) is 10.0 Å². The number of hydrogen-bond donors (Lipinski definition) is 1. The molecule has 0 bridgehead atoms. The highest BCUT2D eigenvalue weighted by molar-refractivity contribution is 7.92. The lowest BCUT2D eigenvalue weighted by Gasteiger charge is -2.05. The first-order valence-corrected chi connectivity index (χ1v) is 6.06. The average Bonchev–Trinajstić information content (AvgIpc) is 1.96. The maximum Gasteiger partial charge on any atom is 0.229 e. The summed E-state index contributed by atoms with van der Waals surface area (Å²) in [5.41, 5.74) is 0.129. The van der Waals surface area contributed by atoms with Crippen molar-refractivity contribution in [2.45, 2.75) is 0 Å². The summed E-state index contributed by atoms with van der Waals surface area (Å²) in [6, 6.07) is 2.29. The molecule has 0 aromatic heterocycles. The smallest absolute Gasteiger partial charge is 0.229 e. The summed E-state index contributed by atoms with van der Waals surface area (Å²) >= 11 is 10.9. The van der Waals surface area contributed by atoms with Crippen LogP contribution in [0.2, 0.25) is 10.0 Å². The number of hydrogen-bond acceptors (Lipinski definition) is 2. The van der Waals surface area contributed by atoms with E-state index in [0.717, 1.165) is 18.4 Å². The predicted molar refractivity (Wildman–Crippen MR) is 54.9 cm³/mol. The molecular weight excluding hydrogens is 252 g/mol. The minimum atomic E-state index is -3.41. The second-order valence-electron chi connectivity index (χ2n) is 2.63. The number of anilines is 1. The monoisotopic (exact) mass is 257 g/mol. The van der Waals surface area contributed by atoms with Gasteiger partial charge in [-0.25, -0.2) is 12.8 Å². The van der Waals surface area contributed by atoms with E-state index in [1.54, 1.807) is 0 Å².